The number of hydrogen-bond acceptors (Lipinski definition) is 3. The number of aromatic nitrogens is 2. The second kappa shape index (κ2) is 6.56. The predicted octanol–water partition coefficient (Wildman–Crippen LogP) is 1.08. The molecule has 0 saturated carbocycles. The van der Waals surface area contributed by atoms with Crippen LogP contribution in [-0.4, -0.2) is 53.5 Å². The highest BCUT2D eigenvalue weighted by Crippen LogP contribution is 2.06. The Morgan fingerprint density at radius 3 is 3.21 bits per heavy atom. The lowest BCUT2D eigenvalue weighted by Gasteiger charge is -2.31. The van der Waals surface area contributed by atoms with Crippen LogP contribution in [0.5, 0.6) is 0 Å². The normalized spacial score (nSPS) is 19.5. The molecule has 2 heterocycles. The van der Waals surface area contributed by atoms with Crippen molar-refractivity contribution in [2.45, 2.75) is 32.8 Å². The third-order valence-corrected chi connectivity index (χ3v) is 3.36. The number of nitrogens with zero attached hydrogens (tertiary/aromatic N) is 2. The van der Waals surface area contributed by atoms with Crippen LogP contribution in [0.3, 0.4) is 0 Å². The van der Waals surface area contributed by atoms with Crippen molar-refractivity contribution >= 4 is 6.03 Å². The second-order valence-electron chi connectivity index (χ2n) is 4.98. The highest BCUT2D eigenvalue weighted by Gasteiger charge is 2.20. The largest absolute Gasteiger partial charge is 0.375 e. The number of H-pyrrole nitrogens is 1. The molecule has 2 rings (SSSR count). The molecule has 1 aliphatic rings. The number of urea groups is 1. The average molecular weight is 266 g/mol. The molecule has 6 heteroatoms. The highest BCUT2D eigenvalue weighted by molar-refractivity contribution is 5.74. The van der Waals surface area contributed by atoms with Crippen LogP contribution in [0.2, 0.25) is 0 Å². The Labute approximate surface area is 113 Å². The number of amides is 2. The van der Waals surface area contributed by atoms with E-state index in [0.717, 1.165) is 18.5 Å². The van der Waals surface area contributed by atoms with Crippen molar-refractivity contribution in [1.29, 1.82) is 0 Å². The van der Waals surface area contributed by atoms with E-state index in [0.29, 0.717) is 26.2 Å². The number of aryl methyl sites for hydroxylation is 2. The molecule has 1 saturated heterocycles. The third kappa shape index (κ3) is 3.96. The van der Waals surface area contributed by atoms with Gasteiger partial charge in [0, 0.05) is 25.3 Å². The first-order valence-corrected chi connectivity index (χ1v) is 6.80. The molecule has 0 bridgehead atoms. The summed E-state index contributed by atoms with van der Waals surface area (Å²) in [4.78, 5) is 13.7. The van der Waals surface area contributed by atoms with Crippen LogP contribution in [0.15, 0.2) is 6.20 Å². The fourth-order valence-corrected chi connectivity index (χ4v) is 2.22. The Morgan fingerprint density at radius 2 is 2.53 bits per heavy atom. The molecule has 0 unspecified atom stereocenters. The van der Waals surface area contributed by atoms with Crippen molar-refractivity contribution in [2.24, 2.45) is 0 Å². The topological polar surface area (TPSA) is 70.2 Å². The van der Waals surface area contributed by atoms with Crippen LogP contribution in [0.1, 0.15) is 24.6 Å². The van der Waals surface area contributed by atoms with E-state index in [2.05, 4.69) is 15.5 Å². The molecular formula is C13H22N4O2. The standard InChI is InChI=1S/C13H22N4O2/c1-10-9-17(6-7-19-10)13(18)14-5-3-4-12-8-15-16-11(12)2/h8,10H,3-7,9H2,1-2H3,(H,14,18)(H,15,16)/t10-/m0/s1. The first-order chi connectivity index (χ1) is 9.16. The molecule has 0 aliphatic carbocycles. The maximum Gasteiger partial charge on any atom is 0.317 e. The first kappa shape index (κ1) is 13.9. The van der Waals surface area contributed by atoms with Gasteiger partial charge in [-0.1, -0.05) is 0 Å². The van der Waals surface area contributed by atoms with E-state index in [9.17, 15) is 4.79 Å². The molecule has 1 aromatic rings. The van der Waals surface area contributed by atoms with Gasteiger partial charge in [0.25, 0.3) is 0 Å². The lowest BCUT2D eigenvalue weighted by molar-refractivity contribution is -0.00344. The molecule has 1 atom stereocenters. The molecule has 2 N–H and O–H groups in total. The van der Waals surface area contributed by atoms with Gasteiger partial charge in [0.15, 0.2) is 0 Å². The Hall–Kier alpha value is -1.56. The van der Waals surface area contributed by atoms with Crippen molar-refractivity contribution in [2.75, 3.05) is 26.2 Å². The Balaban J connectivity index is 1.65. The molecule has 106 valence electrons. The van der Waals surface area contributed by atoms with E-state index in [-0.39, 0.29) is 12.1 Å². The maximum atomic E-state index is 11.9. The van der Waals surface area contributed by atoms with E-state index in [1.54, 1.807) is 0 Å². The minimum atomic E-state index is 0.0130. The molecule has 1 fully saturated rings. The Morgan fingerprint density at radius 1 is 1.68 bits per heavy atom. The maximum absolute atomic E-state index is 11.9. The van der Waals surface area contributed by atoms with Crippen LogP contribution >= 0.6 is 0 Å². The lowest BCUT2D eigenvalue weighted by Crippen LogP contribution is -2.49. The van der Waals surface area contributed by atoms with Crippen LogP contribution in [0.25, 0.3) is 0 Å². The molecule has 1 aromatic heterocycles. The summed E-state index contributed by atoms with van der Waals surface area (Å²) in [6, 6.07) is 0.0130. The van der Waals surface area contributed by atoms with Crippen molar-refractivity contribution in [3.05, 3.63) is 17.5 Å². The number of morpholine rings is 1. The number of nitrogens with one attached hydrogen (secondary N) is 2. The van der Waals surface area contributed by atoms with Crippen LogP contribution in [0.4, 0.5) is 4.79 Å². The SMILES string of the molecule is Cc1[nH]ncc1CCCNC(=O)N1CCO[C@@H](C)C1. The summed E-state index contributed by atoms with van der Waals surface area (Å²) in [6.07, 6.45) is 3.84. The van der Waals surface area contributed by atoms with E-state index >= 15 is 0 Å². The number of carbonyl (C=O) groups excluding carboxylic acids is 1. The van der Waals surface area contributed by atoms with Crippen LogP contribution in [0, 0.1) is 6.92 Å². The van der Waals surface area contributed by atoms with Crippen molar-refractivity contribution in [1.82, 2.24) is 20.4 Å². The summed E-state index contributed by atoms with van der Waals surface area (Å²) in [5.74, 6) is 0. The monoisotopic (exact) mass is 266 g/mol. The van der Waals surface area contributed by atoms with Crippen molar-refractivity contribution in [3.8, 4) is 0 Å². The van der Waals surface area contributed by atoms with Gasteiger partial charge in [-0.3, -0.25) is 5.10 Å². The molecule has 0 aromatic carbocycles. The van der Waals surface area contributed by atoms with E-state index in [1.165, 1.54) is 5.56 Å². The van der Waals surface area contributed by atoms with Crippen molar-refractivity contribution in [3.63, 3.8) is 0 Å². The second-order valence-corrected chi connectivity index (χ2v) is 4.98. The quantitative estimate of drug-likeness (QED) is 0.801. The summed E-state index contributed by atoms with van der Waals surface area (Å²) in [6.45, 7) is 6.67. The summed E-state index contributed by atoms with van der Waals surface area (Å²) < 4.78 is 5.41. The minimum Gasteiger partial charge on any atom is -0.375 e. The zero-order valence-corrected chi connectivity index (χ0v) is 11.6. The predicted molar refractivity (Wildman–Crippen MR) is 72.0 cm³/mol. The van der Waals surface area contributed by atoms with Gasteiger partial charge in [-0.15, -0.1) is 0 Å². The van der Waals surface area contributed by atoms with Gasteiger partial charge in [0.2, 0.25) is 0 Å². The third-order valence-electron chi connectivity index (χ3n) is 3.36. The summed E-state index contributed by atoms with van der Waals surface area (Å²) >= 11 is 0. The van der Waals surface area contributed by atoms with Crippen LogP contribution in [-0.2, 0) is 11.2 Å². The van der Waals surface area contributed by atoms with Gasteiger partial charge in [-0.05, 0) is 32.3 Å². The fourth-order valence-electron chi connectivity index (χ4n) is 2.22. The zero-order valence-electron chi connectivity index (χ0n) is 11.6. The summed E-state index contributed by atoms with van der Waals surface area (Å²) in [7, 11) is 0. The van der Waals surface area contributed by atoms with Crippen LogP contribution < -0.4 is 5.32 Å². The zero-order chi connectivity index (χ0) is 13.7. The van der Waals surface area contributed by atoms with E-state index in [1.807, 2.05) is 24.9 Å². The van der Waals surface area contributed by atoms with E-state index in [4.69, 9.17) is 4.74 Å². The first-order valence-electron chi connectivity index (χ1n) is 6.80. The molecule has 2 amide bonds. The lowest BCUT2D eigenvalue weighted by atomic mass is 10.1. The number of carbonyl (C=O) groups is 1. The van der Waals surface area contributed by atoms with Gasteiger partial charge in [-0.2, -0.15) is 5.10 Å². The highest BCUT2D eigenvalue weighted by atomic mass is 16.5. The van der Waals surface area contributed by atoms with Gasteiger partial charge >= 0.3 is 6.03 Å². The van der Waals surface area contributed by atoms with Gasteiger partial charge < -0.3 is 15.0 Å². The molecule has 0 radical (unpaired) electrons. The molecule has 0 spiro atoms. The number of aromatic amines is 1. The van der Waals surface area contributed by atoms with Gasteiger partial charge in [0.1, 0.15) is 0 Å². The Kier molecular flexibility index (Phi) is 4.79. The minimum absolute atomic E-state index is 0.0130. The van der Waals surface area contributed by atoms with E-state index < -0.39 is 0 Å². The fraction of sp³-hybridized carbons (Fsp3) is 0.692. The van der Waals surface area contributed by atoms with Gasteiger partial charge in [0.05, 0.1) is 18.9 Å². The summed E-state index contributed by atoms with van der Waals surface area (Å²) in [5.41, 5.74) is 2.32. The van der Waals surface area contributed by atoms with Gasteiger partial charge in [-0.25, -0.2) is 4.79 Å². The Bertz CT molecular complexity index is 419. The molecular weight excluding hydrogens is 244 g/mol. The summed E-state index contributed by atoms with van der Waals surface area (Å²) in [5, 5.41) is 9.85. The average Bonchev–Trinajstić information content (AvgIpc) is 2.80. The molecule has 6 nitrogen and oxygen atoms in total. The number of hydrogen-bond donors (Lipinski definition) is 2. The number of ether oxygens (including phenoxy) is 1. The van der Waals surface area contributed by atoms with Crippen molar-refractivity contribution < 1.29 is 9.53 Å². The smallest absolute Gasteiger partial charge is 0.317 e. The molecule has 1 aliphatic heterocycles. The molecule has 19 heavy (non-hydrogen) atoms. The number of rotatable bonds is 4.